The van der Waals surface area contributed by atoms with Crippen LogP contribution >= 0.6 is 0 Å². The van der Waals surface area contributed by atoms with Crippen molar-refractivity contribution in [2.75, 3.05) is 0 Å². The van der Waals surface area contributed by atoms with Gasteiger partial charge in [-0.05, 0) is 53.3 Å². The van der Waals surface area contributed by atoms with E-state index < -0.39 is 78.2 Å². The van der Waals surface area contributed by atoms with Gasteiger partial charge in [-0.25, -0.2) is 26.3 Å². The molecule has 5 aromatic rings. The summed E-state index contributed by atoms with van der Waals surface area (Å²) in [6.45, 7) is -1.16. The summed E-state index contributed by atoms with van der Waals surface area (Å²) in [7, 11) is 0. The monoisotopic (exact) mass is 661 g/mol. The predicted molar refractivity (Wildman–Crippen MR) is 153 cm³/mol. The normalized spacial score (nSPS) is 15.9. The number of halogens is 8. The number of pyridine rings is 2. The summed E-state index contributed by atoms with van der Waals surface area (Å²) < 4.78 is 115. The lowest BCUT2D eigenvalue weighted by Gasteiger charge is -2.29. The molecule has 1 aliphatic carbocycles. The molecule has 0 saturated heterocycles. The number of nitrogens with zero attached hydrogens (tertiary/aromatic N) is 3. The predicted octanol–water partition coefficient (Wildman–Crippen LogP) is 7.08. The average molecular weight is 662 g/mol. The molecule has 0 saturated carbocycles. The number of hydrogen-bond donors (Lipinski definition) is 2. The molecule has 0 radical (unpaired) electrons. The van der Waals surface area contributed by atoms with E-state index in [9.17, 15) is 44.7 Å². The fourth-order valence-corrected chi connectivity index (χ4v) is 5.85. The average Bonchev–Trinajstić information content (AvgIpc) is 3.40. The number of nitrogens with one attached hydrogen (secondary N) is 2. The molecule has 3 heterocycles. The number of fused-ring (bicyclic) bond motifs is 2. The third-order valence-electron chi connectivity index (χ3n) is 7.85. The molecule has 0 fully saturated rings. The number of benzene rings is 2. The number of amides is 1. The number of aromatic amines is 1. The SMILES string of the molecule is O=C(Cn1nc(C(F)F)c2c1C(F)(F)CCC2(F)F)NC(Cc1cc(F)cc(F)c1)c1ncccc1-c1ccc2ccc(=O)[nH]c2c1. The second-order valence-corrected chi connectivity index (χ2v) is 11.1. The van der Waals surface area contributed by atoms with E-state index in [0.29, 0.717) is 28.1 Å². The zero-order chi connectivity index (χ0) is 33.7. The van der Waals surface area contributed by atoms with Gasteiger partial charge in [0.15, 0.2) is 0 Å². The van der Waals surface area contributed by atoms with E-state index in [1.54, 1.807) is 36.4 Å². The molecule has 1 unspecified atom stereocenters. The Bertz CT molecular complexity index is 2040. The van der Waals surface area contributed by atoms with E-state index in [1.807, 2.05) is 0 Å². The zero-order valence-corrected chi connectivity index (χ0v) is 24.0. The minimum absolute atomic E-state index is 0.0647. The van der Waals surface area contributed by atoms with Gasteiger partial charge in [-0.2, -0.15) is 13.9 Å². The van der Waals surface area contributed by atoms with Gasteiger partial charge in [-0.1, -0.05) is 18.2 Å². The lowest BCUT2D eigenvalue weighted by Crippen LogP contribution is -2.37. The summed E-state index contributed by atoms with van der Waals surface area (Å²) in [5, 5.41) is 6.55. The Kier molecular flexibility index (Phi) is 8.10. The minimum atomic E-state index is -4.03. The maximum Gasteiger partial charge on any atom is 0.290 e. The summed E-state index contributed by atoms with van der Waals surface area (Å²) in [6, 6.07) is 12.6. The Morgan fingerprint density at radius 2 is 1.64 bits per heavy atom. The van der Waals surface area contributed by atoms with E-state index in [2.05, 4.69) is 20.4 Å². The van der Waals surface area contributed by atoms with Crippen molar-refractivity contribution in [3.05, 3.63) is 117 Å². The highest BCUT2D eigenvalue weighted by molar-refractivity contribution is 5.85. The van der Waals surface area contributed by atoms with Crippen LogP contribution in [0.25, 0.3) is 22.0 Å². The largest absolute Gasteiger partial charge is 0.346 e. The first-order chi connectivity index (χ1) is 22.2. The molecule has 0 aliphatic heterocycles. The molecule has 7 nitrogen and oxygen atoms in total. The van der Waals surface area contributed by atoms with Gasteiger partial charge in [0.05, 0.1) is 17.3 Å². The van der Waals surface area contributed by atoms with Gasteiger partial charge in [0.2, 0.25) is 11.5 Å². The molecule has 1 aliphatic rings. The van der Waals surface area contributed by atoms with E-state index in [0.717, 1.165) is 12.1 Å². The van der Waals surface area contributed by atoms with Gasteiger partial charge in [-0.3, -0.25) is 19.3 Å². The number of H-pyrrole nitrogens is 1. The highest BCUT2D eigenvalue weighted by atomic mass is 19.3. The van der Waals surface area contributed by atoms with E-state index in [1.165, 1.54) is 12.3 Å². The number of hydrogen-bond acceptors (Lipinski definition) is 4. The summed E-state index contributed by atoms with van der Waals surface area (Å²) in [5.74, 6) is -11.0. The van der Waals surface area contributed by atoms with Crippen LogP contribution in [0.5, 0.6) is 0 Å². The topological polar surface area (TPSA) is 92.7 Å². The van der Waals surface area contributed by atoms with E-state index >= 15 is 0 Å². The fraction of sp³-hybridized carbons (Fsp3) is 0.250. The lowest BCUT2D eigenvalue weighted by molar-refractivity contribution is -0.123. The molecule has 1 amide bonds. The number of carbonyl (C=O) groups is 1. The number of carbonyl (C=O) groups excluding carboxylic acids is 1. The maximum absolute atomic E-state index is 14.9. The number of alkyl halides is 6. The van der Waals surface area contributed by atoms with Crippen LogP contribution in [-0.4, -0.2) is 25.7 Å². The molecular formula is C32H23F8N5O2. The Labute approximate surface area is 260 Å². The molecule has 3 aromatic heterocycles. The second-order valence-electron chi connectivity index (χ2n) is 11.1. The van der Waals surface area contributed by atoms with Crippen molar-refractivity contribution in [1.82, 2.24) is 25.1 Å². The molecule has 47 heavy (non-hydrogen) atoms. The van der Waals surface area contributed by atoms with Crippen molar-refractivity contribution in [2.45, 2.75) is 50.1 Å². The van der Waals surface area contributed by atoms with Crippen LogP contribution in [0, 0.1) is 11.6 Å². The summed E-state index contributed by atoms with van der Waals surface area (Å²) in [4.78, 5) is 32.4. The standard InChI is InChI=1S/C32H23F8N5O2/c33-19-10-16(11-20(34)14-19)12-23(27-21(2-1-9-41-27)18-4-3-17-5-6-24(46)42-22(17)13-18)43-25(47)15-45-29-26(28(44-45)30(35)36)31(37,38)7-8-32(29,39)40/h1-6,9-11,13-14,23,30H,7-8,12,15H2,(H,42,46)(H,43,47). The van der Waals surface area contributed by atoms with E-state index in [-0.39, 0.29) is 27.9 Å². The molecule has 2 N–H and O–H groups in total. The zero-order valence-electron chi connectivity index (χ0n) is 24.0. The van der Waals surface area contributed by atoms with E-state index in [4.69, 9.17) is 0 Å². The van der Waals surface area contributed by atoms with Crippen molar-refractivity contribution >= 4 is 16.8 Å². The van der Waals surface area contributed by atoms with Crippen LogP contribution in [0.1, 0.15) is 53.5 Å². The Morgan fingerprint density at radius 1 is 0.936 bits per heavy atom. The maximum atomic E-state index is 14.9. The van der Waals surface area contributed by atoms with Crippen molar-refractivity contribution in [2.24, 2.45) is 0 Å². The van der Waals surface area contributed by atoms with Gasteiger partial charge in [0.1, 0.15) is 29.6 Å². The van der Waals surface area contributed by atoms with Gasteiger partial charge in [0, 0.05) is 42.3 Å². The van der Waals surface area contributed by atoms with Crippen LogP contribution in [0.15, 0.2) is 71.7 Å². The molecule has 244 valence electrons. The Balaban J connectivity index is 1.41. The van der Waals surface area contributed by atoms with Crippen molar-refractivity contribution in [3.63, 3.8) is 0 Å². The van der Waals surface area contributed by atoms with Crippen LogP contribution < -0.4 is 10.9 Å². The van der Waals surface area contributed by atoms with Crippen molar-refractivity contribution < 1.29 is 39.9 Å². The smallest absolute Gasteiger partial charge is 0.290 e. The van der Waals surface area contributed by atoms with Gasteiger partial charge >= 0.3 is 0 Å². The Hall–Kier alpha value is -5.08. The summed E-state index contributed by atoms with van der Waals surface area (Å²) >= 11 is 0. The first-order valence-electron chi connectivity index (χ1n) is 14.2. The van der Waals surface area contributed by atoms with Crippen molar-refractivity contribution in [3.8, 4) is 11.1 Å². The third-order valence-corrected chi connectivity index (χ3v) is 7.85. The third kappa shape index (κ3) is 6.33. The van der Waals surface area contributed by atoms with Crippen molar-refractivity contribution in [1.29, 1.82) is 0 Å². The second kappa shape index (κ2) is 11.9. The highest BCUT2D eigenvalue weighted by Crippen LogP contribution is 2.52. The number of aromatic nitrogens is 4. The molecular weight excluding hydrogens is 638 g/mol. The first-order valence-corrected chi connectivity index (χ1v) is 14.2. The molecule has 0 bridgehead atoms. The lowest BCUT2D eigenvalue weighted by atomic mass is 9.89. The van der Waals surface area contributed by atoms with Crippen LogP contribution in [0.4, 0.5) is 35.1 Å². The molecule has 15 heteroatoms. The molecule has 1 atom stereocenters. The van der Waals surface area contributed by atoms with Gasteiger partial charge in [0.25, 0.3) is 18.3 Å². The van der Waals surface area contributed by atoms with Crippen LogP contribution in [0.2, 0.25) is 0 Å². The van der Waals surface area contributed by atoms with Crippen LogP contribution in [-0.2, 0) is 29.6 Å². The quantitative estimate of drug-likeness (QED) is 0.174. The molecule has 6 rings (SSSR count). The van der Waals surface area contributed by atoms with Gasteiger partial charge < -0.3 is 10.3 Å². The Morgan fingerprint density at radius 3 is 2.36 bits per heavy atom. The fourth-order valence-electron chi connectivity index (χ4n) is 5.85. The van der Waals surface area contributed by atoms with Gasteiger partial charge in [-0.15, -0.1) is 0 Å². The number of rotatable bonds is 8. The molecule has 0 spiro atoms. The molecule has 2 aromatic carbocycles. The first kappa shape index (κ1) is 31.9. The van der Waals surface area contributed by atoms with Crippen LogP contribution in [0.3, 0.4) is 0 Å². The highest BCUT2D eigenvalue weighted by Gasteiger charge is 2.55. The minimum Gasteiger partial charge on any atom is -0.346 e. The summed E-state index contributed by atoms with van der Waals surface area (Å²) in [6.07, 6.45) is -5.29. The summed E-state index contributed by atoms with van der Waals surface area (Å²) in [5.41, 5.74) is -3.40.